The number of hydrogen-bond acceptors (Lipinski definition) is 1. The molecule has 1 heterocycles. The highest BCUT2D eigenvalue weighted by Gasteiger charge is 2.08. The highest BCUT2D eigenvalue weighted by atomic mass is 15.1. The molecule has 94 valence electrons. The SMILES string of the molecule is CCCCCCCCCCCC1=NCC[NH2+]1. The lowest BCUT2D eigenvalue weighted by molar-refractivity contribution is -0.530. The fraction of sp³-hybridized carbons (Fsp3) is 0.929. The van der Waals surface area contributed by atoms with Gasteiger partial charge in [0, 0.05) is 6.42 Å². The van der Waals surface area contributed by atoms with Crippen molar-refractivity contribution in [2.75, 3.05) is 13.1 Å². The summed E-state index contributed by atoms with van der Waals surface area (Å²) >= 11 is 0. The van der Waals surface area contributed by atoms with Gasteiger partial charge in [0.15, 0.2) is 5.84 Å². The van der Waals surface area contributed by atoms with Crippen LogP contribution in [0.15, 0.2) is 4.99 Å². The molecule has 0 spiro atoms. The van der Waals surface area contributed by atoms with E-state index in [-0.39, 0.29) is 0 Å². The van der Waals surface area contributed by atoms with Crippen LogP contribution in [0.25, 0.3) is 0 Å². The molecule has 1 aliphatic rings. The average molecular weight is 225 g/mol. The highest BCUT2D eigenvalue weighted by molar-refractivity contribution is 5.73. The summed E-state index contributed by atoms with van der Waals surface area (Å²) in [6.07, 6.45) is 14.0. The minimum absolute atomic E-state index is 1.05. The molecular formula is C14H29N2+. The minimum Gasteiger partial charge on any atom is -0.300 e. The molecule has 0 fully saturated rings. The predicted molar refractivity (Wildman–Crippen MR) is 70.9 cm³/mol. The molecule has 1 rings (SSSR count). The molecule has 0 aromatic rings. The zero-order valence-electron chi connectivity index (χ0n) is 11.0. The van der Waals surface area contributed by atoms with Crippen molar-refractivity contribution in [1.29, 1.82) is 0 Å². The Hall–Kier alpha value is -0.370. The van der Waals surface area contributed by atoms with E-state index in [9.17, 15) is 0 Å². The first kappa shape index (κ1) is 13.7. The molecule has 1 aliphatic heterocycles. The predicted octanol–water partition coefficient (Wildman–Crippen LogP) is 2.88. The molecule has 0 aromatic carbocycles. The van der Waals surface area contributed by atoms with Crippen molar-refractivity contribution in [3.8, 4) is 0 Å². The lowest BCUT2D eigenvalue weighted by Gasteiger charge is -2.01. The van der Waals surface area contributed by atoms with Gasteiger partial charge in [0.1, 0.15) is 6.54 Å². The van der Waals surface area contributed by atoms with Gasteiger partial charge in [-0.25, -0.2) is 4.99 Å². The Bertz CT molecular complexity index is 187. The Morgan fingerprint density at radius 3 is 2.12 bits per heavy atom. The Balaban J connectivity index is 1.74. The fourth-order valence-corrected chi connectivity index (χ4v) is 2.30. The van der Waals surface area contributed by atoms with Gasteiger partial charge >= 0.3 is 0 Å². The fourth-order valence-electron chi connectivity index (χ4n) is 2.30. The number of aliphatic imine (C=N–C) groups is 1. The van der Waals surface area contributed by atoms with E-state index in [0.29, 0.717) is 0 Å². The Morgan fingerprint density at radius 1 is 0.938 bits per heavy atom. The molecule has 2 nitrogen and oxygen atoms in total. The van der Waals surface area contributed by atoms with Gasteiger partial charge in [-0.15, -0.1) is 0 Å². The molecule has 0 atom stereocenters. The summed E-state index contributed by atoms with van der Waals surface area (Å²) in [5.74, 6) is 1.38. The van der Waals surface area contributed by atoms with Crippen LogP contribution in [0.1, 0.15) is 71.1 Å². The van der Waals surface area contributed by atoms with E-state index in [0.717, 1.165) is 6.54 Å². The average Bonchev–Trinajstić information content (AvgIpc) is 2.80. The van der Waals surface area contributed by atoms with Gasteiger partial charge in [-0.05, 0) is 6.42 Å². The number of nitrogens with two attached hydrogens (primary N) is 1. The van der Waals surface area contributed by atoms with E-state index < -0.39 is 0 Å². The molecule has 0 aliphatic carbocycles. The van der Waals surface area contributed by atoms with Crippen molar-refractivity contribution in [1.82, 2.24) is 0 Å². The molecule has 0 unspecified atom stereocenters. The summed E-state index contributed by atoms with van der Waals surface area (Å²) in [7, 11) is 0. The quantitative estimate of drug-likeness (QED) is 0.554. The molecule has 2 heteroatoms. The molecule has 0 saturated carbocycles. The van der Waals surface area contributed by atoms with Crippen LogP contribution in [0.5, 0.6) is 0 Å². The number of hydrogen-bond donors (Lipinski definition) is 1. The molecule has 2 N–H and O–H groups in total. The van der Waals surface area contributed by atoms with Crippen molar-refractivity contribution in [3.63, 3.8) is 0 Å². The normalized spacial score (nSPS) is 15.4. The number of quaternary nitrogens is 1. The van der Waals surface area contributed by atoms with Gasteiger partial charge in [-0.2, -0.15) is 0 Å². The summed E-state index contributed by atoms with van der Waals surface area (Å²) in [5, 5.41) is 2.31. The van der Waals surface area contributed by atoms with E-state index in [2.05, 4.69) is 17.2 Å². The van der Waals surface area contributed by atoms with E-state index in [1.165, 1.54) is 76.6 Å². The van der Waals surface area contributed by atoms with Crippen LogP contribution in [0.4, 0.5) is 0 Å². The first-order valence-corrected chi connectivity index (χ1v) is 7.30. The smallest absolute Gasteiger partial charge is 0.195 e. The van der Waals surface area contributed by atoms with E-state index in [1.54, 1.807) is 0 Å². The van der Waals surface area contributed by atoms with Gasteiger partial charge in [-0.3, -0.25) is 5.32 Å². The summed E-state index contributed by atoms with van der Waals surface area (Å²) in [6.45, 7) is 4.52. The lowest BCUT2D eigenvalue weighted by atomic mass is 10.1. The second-order valence-corrected chi connectivity index (χ2v) is 4.94. The van der Waals surface area contributed by atoms with Gasteiger partial charge in [0.25, 0.3) is 0 Å². The van der Waals surface area contributed by atoms with Crippen LogP contribution in [0.2, 0.25) is 0 Å². The second kappa shape index (κ2) is 9.83. The summed E-state index contributed by atoms with van der Waals surface area (Å²) in [4.78, 5) is 4.46. The zero-order valence-corrected chi connectivity index (χ0v) is 11.0. The van der Waals surface area contributed by atoms with Gasteiger partial charge < -0.3 is 0 Å². The maximum absolute atomic E-state index is 4.46. The monoisotopic (exact) mass is 225 g/mol. The van der Waals surface area contributed by atoms with E-state index in [1.807, 2.05) is 0 Å². The Morgan fingerprint density at radius 2 is 1.56 bits per heavy atom. The van der Waals surface area contributed by atoms with Crippen LogP contribution in [-0.2, 0) is 0 Å². The molecule has 0 bridgehead atoms. The third kappa shape index (κ3) is 7.00. The number of nitrogens with zero attached hydrogens (tertiary/aromatic N) is 1. The van der Waals surface area contributed by atoms with Crippen molar-refractivity contribution in [2.45, 2.75) is 71.1 Å². The summed E-state index contributed by atoms with van der Waals surface area (Å²) < 4.78 is 0. The standard InChI is InChI=1S/C14H28N2/c1-2-3-4-5-6-7-8-9-10-11-14-15-12-13-16-14/h2-13H2,1H3,(H,15,16)/p+1. The topological polar surface area (TPSA) is 29.0 Å². The maximum Gasteiger partial charge on any atom is 0.195 e. The summed E-state index contributed by atoms with van der Waals surface area (Å²) in [6, 6.07) is 0. The Kier molecular flexibility index (Phi) is 8.41. The van der Waals surface area contributed by atoms with Crippen LogP contribution < -0.4 is 5.32 Å². The molecule has 0 saturated heterocycles. The molecule has 0 radical (unpaired) electrons. The molecule has 16 heavy (non-hydrogen) atoms. The van der Waals surface area contributed by atoms with Crippen molar-refractivity contribution in [3.05, 3.63) is 0 Å². The van der Waals surface area contributed by atoms with E-state index in [4.69, 9.17) is 0 Å². The first-order chi connectivity index (χ1) is 7.93. The van der Waals surface area contributed by atoms with Crippen LogP contribution in [0.3, 0.4) is 0 Å². The number of amidine groups is 1. The zero-order chi connectivity index (χ0) is 11.5. The second-order valence-electron chi connectivity index (χ2n) is 4.94. The lowest BCUT2D eigenvalue weighted by Crippen LogP contribution is -2.85. The van der Waals surface area contributed by atoms with E-state index >= 15 is 0 Å². The number of rotatable bonds is 10. The summed E-state index contributed by atoms with van der Waals surface area (Å²) in [5.41, 5.74) is 0. The maximum atomic E-state index is 4.46. The number of unbranched alkanes of at least 4 members (excludes halogenated alkanes) is 8. The third-order valence-electron chi connectivity index (χ3n) is 3.36. The van der Waals surface area contributed by atoms with Gasteiger partial charge in [0.05, 0.1) is 6.54 Å². The molecule has 0 aromatic heterocycles. The minimum atomic E-state index is 1.05. The highest BCUT2D eigenvalue weighted by Crippen LogP contribution is 2.10. The molecular weight excluding hydrogens is 196 g/mol. The Labute approximate surface area is 101 Å². The van der Waals surface area contributed by atoms with Crippen LogP contribution >= 0.6 is 0 Å². The molecule has 0 amide bonds. The third-order valence-corrected chi connectivity index (χ3v) is 3.36. The van der Waals surface area contributed by atoms with Gasteiger partial charge in [0.2, 0.25) is 0 Å². The van der Waals surface area contributed by atoms with Crippen LogP contribution in [-0.4, -0.2) is 18.9 Å². The van der Waals surface area contributed by atoms with Crippen LogP contribution in [0, 0.1) is 0 Å². The first-order valence-electron chi connectivity index (χ1n) is 7.30. The van der Waals surface area contributed by atoms with Crippen molar-refractivity contribution in [2.24, 2.45) is 4.99 Å². The largest absolute Gasteiger partial charge is 0.300 e. The van der Waals surface area contributed by atoms with Crippen molar-refractivity contribution >= 4 is 5.84 Å². The van der Waals surface area contributed by atoms with Crippen molar-refractivity contribution < 1.29 is 5.32 Å². The van der Waals surface area contributed by atoms with Gasteiger partial charge in [-0.1, -0.05) is 58.3 Å².